The summed E-state index contributed by atoms with van der Waals surface area (Å²) in [5, 5.41) is 7.32. The van der Waals surface area contributed by atoms with Crippen LogP contribution in [0.4, 0.5) is 4.39 Å². The molecule has 1 atom stereocenters. The van der Waals surface area contributed by atoms with E-state index >= 15 is 0 Å². The maximum absolute atomic E-state index is 13.6. The number of benzene rings is 1. The molecule has 1 amide bonds. The second-order valence-electron chi connectivity index (χ2n) is 3.94. The van der Waals surface area contributed by atoms with Crippen molar-refractivity contribution in [1.82, 2.24) is 5.32 Å². The molecule has 1 unspecified atom stereocenters. The number of amides is 1. The predicted octanol–water partition coefficient (Wildman–Crippen LogP) is 0.238. The molecule has 0 saturated carbocycles. The molecule has 0 spiro atoms. The van der Waals surface area contributed by atoms with Gasteiger partial charge in [0, 0.05) is 13.7 Å². The van der Waals surface area contributed by atoms with Gasteiger partial charge in [0.2, 0.25) is 10.0 Å². The summed E-state index contributed by atoms with van der Waals surface area (Å²) in [4.78, 5) is 11.3. The average Bonchev–Trinajstić information content (AvgIpc) is 2.34. The van der Waals surface area contributed by atoms with E-state index in [0.717, 1.165) is 12.1 Å². The summed E-state index contributed by atoms with van der Waals surface area (Å²) in [6, 6.07) is 2.86. The normalized spacial score (nSPS) is 13.1. The first-order valence-corrected chi connectivity index (χ1v) is 6.93. The fraction of sp³-hybridized carbons (Fsp3) is 0.364. The van der Waals surface area contributed by atoms with Crippen molar-refractivity contribution in [1.29, 1.82) is 0 Å². The number of hydrogen-bond acceptors (Lipinski definition) is 4. The van der Waals surface area contributed by atoms with Gasteiger partial charge in [-0.3, -0.25) is 4.79 Å². The van der Waals surface area contributed by atoms with Gasteiger partial charge in [0.05, 0.1) is 16.6 Å². The number of primary sulfonamides is 1. The molecule has 19 heavy (non-hydrogen) atoms. The molecule has 1 aromatic rings. The van der Waals surface area contributed by atoms with Crippen molar-refractivity contribution >= 4 is 15.9 Å². The highest BCUT2D eigenvalue weighted by atomic mass is 32.2. The Kier molecular flexibility index (Phi) is 4.98. The molecule has 0 aliphatic heterocycles. The lowest BCUT2D eigenvalue weighted by molar-refractivity contribution is 0.0867. The molecular weight excluding hydrogens is 275 g/mol. The molecule has 0 radical (unpaired) electrons. The van der Waals surface area contributed by atoms with E-state index in [-0.39, 0.29) is 23.1 Å². The maximum Gasteiger partial charge on any atom is 0.254 e. The molecule has 0 aliphatic carbocycles. The van der Waals surface area contributed by atoms with Gasteiger partial charge < -0.3 is 10.1 Å². The highest BCUT2D eigenvalue weighted by Gasteiger charge is 2.16. The van der Waals surface area contributed by atoms with Crippen LogP contribution in [0.15, 0.2) is 23.1 Å². The van der Waals surface area contributed by atoms with Crippen LogP contribution in [0.5, 0.6) is 0 Å². The summed E-state index contributed by atoms with van der Waals surface area (Å²) < 4.78 is 40.6. The van der Waals surface area contributed by atoms with E-state index in [2.05, 4.69) is 5.32 Å². The SMILES string of the molecule is COC(C)CNC(=O)c1ccc(S(N)(=O)=O)cc1F. The van der Waals surface area contributed by atoms with Crippen LogP contribution in [0.2, 0.25) is 0 Å². The topological polar surface area (TPSA) is 98.5 Å². The zero-order chi connectivity index (χ0) is 14.6. The monoisotopic (exact) mass is 290 g/mol. The Labute approximate surface area is 110 Å². The number of rotatable bonds is 5. The Bertz CT molecular complexity index is 574. The van der Waals surface area contributed by atoms with Crippen LogP contribution in [0.25, 0.3) is 0 Å². The third kappa shape index (κ3) is 4.27. The van der Waals surface area contributed by atoms with Gasteiger partial charge >= 0.3 is 0 Å². The second kappa shape index (κ2) is 6.09. The molecular formula is C11H15FN2O4S. The zero-order valence-corrected chi connectivity index (χ0v) is 11.3. The van der Waals surface area contributed by atoms with Gasteiger partial charge in [0.1, 0.15) is 5.82 Å². The first kappa shape index (κ1) is 15.5. The summed E-state index contributed by atoms with van der Waals surface area (Å²) in [6.45, 7) is 1.95. The molecule has 8 heteroatoms. The molecule has 0 aliphatic rings. The number of methoxy groups -OCH3 is 1. The van der Waals surface area contributed by atoms with E-state index in [4.69, 9.17) is 9.88 Å². The zero-order valence-electron chi connectivity index (χ0n) is 10.5. The average molecular weight is 290 g/mol. The van der Waals surface area contributed by atoms with Crippen LogP contribution >= 0.6 is 0 Å². The highest BCUT2D eigenvalue weighted by molar-refractivity contribution is 7.89. The Morgan fingerprint density at radius 3 is 2.63 bits per heavy atom. The molecule has 1 rings (SSSR count). The highest BCUT2D eigenvalue weighted by Crippen LogP contribution is 2.13. The van der Waals surface area contributed by atoms with E-state index in [1.54, 1.807) is 6.92 Å². The summed E-state index contributed by atoms with van der Waals surface area (Å²) >= 11 is 0. The van der Waals surface area contributed by atoms with Gasteiger partial charge in [-0.15, -0.1) is 0 Å². The Morgan fingerprint density at radius 1 is 1.53 bits per heavy atom. The lowest BCUT2D eigenvalue weighted by Gasteiger charge is -2.11. The van der Waals surface area contributed by atoms with Crippen molar-refractivity contribution in [3.8, 4) is 0 Å². The third-order valence-electron chi connectivity index (χ3n) is 2.47. The van der Waals surface area contributed by atoms with Crippen LogP contribution in [0.1, 0.15) is 17.3 Å². The number of ether oxygens (including phenoxy) is 1. The second-order valence-corrected chi connectivity index (χ2v) is 5.50. The standard InChI is InChI=1S/C11H15FN2O4S/c1-7(18-2)6-14-11(15)9-4-3-8(5-10(9)12)19(13,16)17/h3-5,7H,6H2,1-2H3,(H,14,15)(H2,13,16,17). The van der Waals surface area contributed by atoms with Gasteiger partial charge in [0.15, 0.2) is 0 Å². The van der Waals surface area contributed by atoms with E-state index in [1.807, 2.05) is 0 Å². The third-order valence-corrected chi connectivity index (χ3v) is 3.38. The smallest absolute Gasteiger partial charge is 0.254 e. The fourth-order valence-electron chi connectivity index (χ4n) is 1.27. The minimum absolute atomic E-state index is 0.212. The lowest BCUT2D eigenvalue weighted by atomic mass is 10.2. The first-order chi connectivity index (χ1) is 8.75. The van der Waals surface area contributed by atoms with Crippen LogP contribution in [0, 0.1) is 5.82 Å². The molecule has 3 N–H and O–H groups in total. The summed E-state index contributed by atoms with van der Waals surface area (Å²) in [7, 11) is -2.50. The molecule has 0 saturated heterocycles. The minimum atomic E-state index is -3.99. The van der Waals surface area contributed by atoms with Crippen LogP contribution in [-0.4, -0.2) is 34.1 Å². The predicted molar refractivity (Wildman–Crippen MR) is 66.6 cm³/mol. The van der Waals surface area contributed by atoms with Crippen molar-refractivity contribution in [2.45, 2.75) is 17.9 Å². The molecule has 6 nitrogen and oxygen atoms in total. The van der Waals surface area contributed by atoms with Gasteiger partial charge in [0.25, 0.3) is 5.91 Å². The summed E-state index contributed by atoms with van der Waals surface area (Å²) in [6.07, 6.45) is -0.212. The number of halogens is 1. The maximum atomic E-state index is 13.6. The molecule has 0 heterocycles. The van der Waals surface area contributed by atoms with Crippen molar-refractivity contribution in [2.24, 2.45) is 5.14 Å². The number of nitrogens with two attached hydrogens (primary N) is 1. The van der Waals surface area contributed by atoms with Crippen molar-refractivity contribution in [2.75, 3.05) is 13.7 Å². The van der Waals surface area contributed by atoms with E-state index in [1.165, 1.54) is 7.11 Å². The largest absolute Gasteiger partial charge is 0.380 e. The molecule has 106 valence electrons. The molecule has 1 aromatic carbocycles. The van der Waals surface area contributed by atoms with Crippen molar-refractivity contribution in [3.63, 3.8) is 0 Å². The van der Waals surface area contributed by atoms with Gasteiger partial charge in [-0.25, -0.2) is 17.9 Å². The minimum Gasteiger partial charge on any atom is -0.380 e. The summed E-state index contributed by atoms with van der Waals surface area (Å²) in [5.74, 6) is -1.60. The van der Waals surface area contributed by atoms with Gasteiger partial charge in [-0.05, 0) is 25.1 Å². The van der Waals surface area contributed by atoms with Crippen LogP contribution in [-0.2, 0) is 14.8 Å². The van der Waals surface area contributed by atoms with Crippen molar-refractivity contribution < 1.29 is 22.3 Å². The Hall–Kier alpha value is -1.51. The number of hydrogen-bond donors (Lipinski definition) is 2. The summed E-state index contributed by atoms with van der Waals surface area (Å²) in [5.41, 5.74) is -0.254. The van der Waals surface area contributed by atoms with Crippen LogP contribution in [0.3, 0.4) is 0 Å². The quantitative estimate of drug-likeness (QED) is 0.811. The lowest BCUT2D eigenvalue weighted by Crippen LogP contribution is -2.32. The molecule has 0 aromatic heterocycles. The Morgan fingerprint density at radius 2 is 2.16 bits per heavy atom. The van der Waals surface area contributed by atoms with E-state index in [9.17, 15) is 17.6 Å². The van der Waals surface area contributed by atoms with Gasteiger partial charge in [-0.1, -0.05) is 0 Å². The number of nitrogens with one attached hydrogen (secondary N) is 1. The van der Waals surface area contributed by atoms with E-state index < -0.39 is 21.7 Å². The van der Waals surface area contributed by atoms with Gasteiger partial charge in [-0.2, -0.15) is 0 Å². The Balaban J connectivity index is 2.88. The fourth-order valence-corrected chi connectivity index (χ4v) is 1.80. The van der Waals surface area contributed by atoms with Crippen LogP contribution < -0.4 is 10.5 Å². The van der Waals surface area contributed by atoms with Crippen molar-refractivity contribution in [3.05, 3.63) is 29.6 Å². The number of sulfonamides is 1. The number of carbonyl (C=O) groups excluding carboxylic acids is 1. The first-order valence-electron chi connectivity index (χ1n) is 5.39. The van der Waals surface area contributed by atoms with E-state index in [0.29, 0.717) is 6.07 Å². The molecule has 0 fully saturated rings. The number of carbonyl (C=O) groups is 1. The molecule has 0 bridgehead atoms.